The van der Waals surface area contributed by atoms with Gasteiger partial charge < -0.3 is 5.11 Å². The lowest BCUT2D eigenvalue weighted by atomic mass is 10.1. The molecule has 0 fully saturated rings. The Hall–Kier alpha value is -1.06. The van der Waals surface area contributed by atoms with Crippen molar-refractivity contribution in [2.75, 3.05) is 6.61 Å². The summed E-state index contributed by atoms with van der Waals surface area (Å²) in [6, 6.07) is 5.88. The van der Waals surface area contributed by atoms with Gasteiger partial charge in [-0.05, 0) is 18.1 Å². The van der Waals surface area contributed by atoms with Gasteiger partial charge >= 0.3 is 0 Å². The Balaban J connectivity index is 2.72. The van der Waals surface area contributed by atoms with Crippen molar-refractivity contribution in [3.05, 3.63) is 28.9 Å². The predicted molar refractivity (Wildman–Crippen MR) is 56.5 cm³/mol. The third-order valence-corrected chi connectivity index (χ3v) is 2.57. The first-order valence-electron chi connectivity index (χ1n) is 4.45. The van der Waals surface area contributed by atoms with Crippen LogP contribution in [0.2, 0.25) is 5.15 Å². The van der Waals surface area contributed by atoms with Gasteiger partial charge in [0.25, 0.3) is 0 Å². The number of aliphatic hydroxyl groups excluding tert-OH is 1. The zero-order valence-electron chi connectivity index (χ0n) is 7.87. The molecule has 0 saturated carbocycles. The lowest BCUT2D eigenvalue weighted by Crippen LogP contribution is -1.92. The molecule has 0 atom stereocenters. The van der Waals surface area contributed by atoms with E-state index in [2.05, 4.69) is 5.10 Å². The van der Waals surface area contributed by atoms with Crippen molar-refractivity contribution in [3.63, 3.8) is 0 Å². The minimum absolute atomic E-state index is 0.129. The SMILES string of the molecule is Cn1nc(Cl)c2c(CCO)cccc21. The van der Waals surface area contributed by atoms with Crippen molar-refractivity contribution in [1.82, 2.24) is 9.78 Å². The van der Waals surface area contributed by atoms with Crippen LogP contribution in [-0.2, 0) is 13.5 Å². The predicted octanol–water partition coefficient (Wildman–Crippen LogP) is 1.76. The summed E-state index contributed by atoms with van der Waals surface area (Å²) in [6.07, 6.45) is 0.614. The van der Waals surface area contributed by atoms with Gasteiger partial charge in [0.2, 0.25) is 0 Å². The number of aryl methyl sites for hydroxylation is 1. The molecule has 14 heavy (non-hydrogen) atoms. The summed E-state index contributed by atoms with van der Waals surface area (Å²) in [5.74, 6) is 0. The number of benzene rings is 1. The molecular weight excluding hydrogens is 200 g/mol. The van der Waals surface area contributed by atoms with Gasteiger partial charge in [0.05, 0.1) is 5.52 Å². The fraction of sp³-hybridized carbons (Fsp3) is 0.300. The molecule has 2 rings (SSSR count). The maximum Gasteiger partial charge on any atom is 0.159 e. The summed E-state index contributed by atoms with van der Waals surface area (Å²) in [5.41, 5.74) is 2.05. The second kappa shape index (κ2) is 3.59. The van der Waals surface area contributed by atoms with Crippen molar-refractivity contribution in [1.29, 1.82) is 0 Å². The number of hydrogen-bond donors (Lipinski definition) is 1. The average Bonchev–Trinajstić information content (AvgIpc) is 2.44. The minimum Gasteiger partial charge on any atom is -0.396 e. The monoisotopic (exact) mass is 210 g/mol. The second-order valence-corrected chi connectivity index (χ2v) is 3.56. The molecule has 1 heterocycles. The normalized spacial score (nSPS) is 11.1. The van der Waals surface area contributed by atoms with Crippen molar-refractivity contribution >= 4 is 22.5 Å². The molecule has 0 aliphatic carbocycles. The fourth-order valence-electron chi connectivity index (χ4n) is 1.66. The molecule has 1 aromatic heterocycles. The van der Waals surface area contributed by atoms with Gasteiger partial charge in [-0.25, -0.2) is 0 Å². The molecule has 74 valence electrons. The molecule has 0 bridgehead atoms. The summed E-state index contributed by atoms with van der Waals surface area (Å²) in [5, 5.41) is 14.5. The average molecular weight is 211 g/mol. The van der Waals surface area contributed by atoms with Gasteiger partial charge in [-0.3, -0.25) is 4.68 Å². The van der Waals surface area contributed by atoms with Crippen molar-refractivity contribution in [2.24, 2.45) is 7.05 Å². The topological polar surface area (TPSA) is 38.0 Å². The smallest absolute Gasteiger partial charge is 0.159 e. The minimum atomic E-state index is 0.129. The molecule has 0 spiro atoms. The van der Waals surface area contributed by atoms with E-state index in [1.165, 1.54) is 0 Å². The molecule has 0 aliphatic heterocycles. The van der Waals surface area contributed by atoms with E-state index in [0.29, 0.717) is 11.6 Å². The van der Waals surface area contributed by atoms with Crippen molar-refractivity contribution in [2.45, 2.75) is 6.42 Å². The molecule has 1 aromatic carbocycles. The first kappa shape index (κ1) is 9.49. The first-order chi connectivity index (χ1) is 6.74. The summed E-state index contributed by atoms with van der Waals surface area (Å²) >= 11 is 6.01. The largest absolute Gasteiger partial charge is 0.396 e. The van der Waals surface area contributed by atoms with Crippen LogP contribution in [0.1, 0.15) is 5.56 Å². The Bertz CT molecular complexity index is 464. The van der Waals surface area contributed by atoms with Gasteiger partial charge in [0, 0.05) is 19.0 Å². The van der Waals surface area contributed by atoms with E-state index in [1.807, 2.05) is 25.2 Å². The van der Waals surface area contributed by atoms with Crippen LogP contribution < -0.4 is 0 Å². The zero-order valence-corrected chi connectivity index (χ0v) is 8.62. The standard InChI is InChI=1S/C10H11ClN2O/c1-13-8-4-2-3-7(5-6-14)9(8)10(11)12-13/h2-4,14H,5-6H2,1H3. The number of rotatable bonds is 2. The van der Waals surface area contributed by atoms with Crippen molar-refractivity contribution < 1.29 is 5.11 Å². The van der Waals surface area contributed by atoms with Crippen LogP contribution in [-0.4, -0.2) is 21.5 Å². The molecule has 4 heteroatoms. The van der Waals surface area contributed by atoms with Gasteiger partial charge in [0.1, 0.15) is 0 Å². The van der Waals surface area contributed by atoms with E-state index < -0.39 is 0 Å². The van der Waals surface area contributed by atoms with E-state index in [0.717, 1.165) is 16.5 Å². The number of fused-ring (bicyclic) bond motifs is 1. The fourth-order valence-corrected chi connectivity index (χ4v) is 1.99. The maximum atomic E-state index is 8.91. The molecule has 0 radical (unpaired) electrons. The highest BCUT2D eigenvalue weighted by molar-refractivity contribution is 6.34. The van der Waals surface area contributed by atoms with E-state index in [-0.39, 0.29) is 6.61 Å². The van der Waals surface area contributed by atoms with E-state index in [9.17, 15) is 0 Å². The highest BCUT2D eigenvalue weighted by Gasteiger charge is 2.09. The Morgan fingerprint density at radius 3 is 3.00 bits per heavy atom. The summed E-state index contributed by atoms with van der Waals surface area (Å²) < 4.78 is 1.75. The molecule has 1 N–H and O–H groups in total. The Morgan fingerprint density at radius 1 is 1.50 bits per heavy atom. The Kier molecular flexibility index (Phi) is 2.44. The lowest BCUT2D eigenvalue weighted by molar-refractivity contribution is 0.300. The number of aromatic nitrogens is 2. The number of halogens is 1. The van der Waals surface area contributed by atoms with Gasteiger partial charge in [0.15, 0.2) is 5.15 Å². The van der Waals surface area contributed by atoms with E-state index in [1.54, 1.807) is 4.68 Å². The molecule has 0 unspecified atom stereocenters. The van der Waals surface area contributed by atoms with E-state index >= 15 is 0 Å². The highest BCUT2D eigenvalue weighted by Crippen LogP contribution is 2.26. The summed E-state index contributed by atoms with van der Waals surface area (Å²) in [7, 11) is 1.86. The number of nitrogens with zero attached hydrogens (tertiary/aromatic N) is 2. The Labute approximate surface area is 86.9 Å². The lowest BCUT2D eigenvalue weighted by Gasteiger charge is -2.00. The third kappa shape index (κ3) is 1.38. The first-order valence-corrected chi connectivity index (χ1v) is 4.83. The van der Waals surface area contributed by atoms with Crippen LogP contribution in [0.15, 0.2) is 18.2 Å². The number of hydrogen-bond acceptors (Lipinski definition) is 2. The summed E-state index contributed by atoms with van der Waals surface area (Å²) in [6.45, 7) is 0.129. The molecule has 0 aliphatic rings. The molecule has 2 aromatic rings. The molecular formula is C10H11ClN2O. The Morgan fingerprint density at radius 2 is 2.29 bits per heavy atom. The van der Waals surface area contributed by atoms with Crippen LogP contribution in [0.5, 0.6) is 0 Å². The van der Waals surface area contributed by atoms with Crippen molar-refractivity contribution in [3.8, 4) is 0 Å². The van der Waals surface area contributed by atoms with Gasteiger partial charge in [-0.1, -0.05) is 23.7 Å². The quantitative estimate of drug-likeness (QED) is 0.821. The van der Waals surface area contributed by atoms with Crippen LogP contribution in [0.4, 0.5) is 0 Å². The zero-order chi connectivity index (χ0) is 10.1. The van der Waals surface area contributed by atoms with Crippen LogP contribution >= 0.6 is 11.6 Å². The number of aliphatic hydroxyl groups is 1. The van der Waals surface area contributed by atoms with Gasteiger partial charge in [-0.15, -0.1) is 0 Å². The maximum absolute atomic E-state index is 8.91. The second-order valence-electron chi connectivity index (χ2n) is 3.20. The molecule has 3 nitrogen and oxygen atoms in total. The van der Waals surface area contributed by atoms with Crippen LogP contribution in [0, 0.1) is 0 Å². The third-order valence-electron chi connectivity index (χ3n) is 2.30. The molecule has 0 saturated heterocycles. The van der Waals surface area contributed by atoms with Crippen LogP contribution in [0.3, 0.4) is 0 Å². The summed E-state index contributed by atoms with van der Waals surface area (Å²) in [4.78, 5) is 0. The van der Waals surface area contributed by atoms with Gasteiger partial charge in [-0.2, -0.15) is 5.10 Å². The highest BCUT2D eigenvalue weighted by atomic mass is 35.5. The van der Waals surface area contributed by atoms with E-state index in [4.69, 9.17) is 16.7 Å². The molecule has 0 amide bonds. The van der Waals surface area contributed by atoms with Crippen LogP contribution in [0.25, 0.3) is 10.9 Å².